The molecule has 38 heavy (non-hydrogen) atoms. The van der Waals surface area contributed by atoms with Gasteiger partial charge in [0.2, 0.25) is 0 Å². The Morgan fingerprint density at radius 2 is 1.32 bits per heavy atom. The quantitative estimate of drug-likeness (QED) is 0.133. The summed E-state index contributed by atoms with van der Waals surface area (Å²) in [5.74, 6) is 1.36. The van der Waals surface area contributed by atoms with E-state index in [1.165, 1.54) is 0 Å². The molecule has 0 saturated heterocycles. The molecule has 0 saturated carbocycles. The van der Waals surface area contributed by atoms with E-state index in [-0.39, 0.29) is 31.4 Å². The highest BCUT2D eigenvalue weighted by molar-refractivity contribution is 14.1. The zero-order valence-electron chi connectivity index (χ0n) is 21.3. The smallest absolute Gasteiger partial charge is 0.310 e. The van der Waals surface area contributed by atoms with Gasteiger partial charge in [-0.25, -0.2) is 0 Å². The summed E-state index contributed by atoms with van der Waals surface area (Å²) in [6, 6.07) is 20.9. The minimum absolute atomic E-state index is 0.147. The fourth-order valence-electron chi connectivity index (χ4n) is 4.00. The van der Waals surface area contributed by atoms with Crippen LogP contribution in [-0.4, -0.2) is 25.2 Å². The lowest BCUT2D eigenvalue weighted by Crippen LogP contribution is -2.09. The molecule has 1 heterocycles. The molecule has 0 radical (unpaired) electrons. The number of benzene rings is 3. The van der Waals surface area contributed by atoms with E-state index in [9.17, 15) is 9.59 Å². The highest BCUT2D eigenvalue weighted by atomic mass is 127. The molecule has 0 amide bonds. The number of carbonyl (C=O) groups excluding carboxylic acids is 2. The van der Waals surface area contributed by atoms with Gasteiger partial charge in [-0.05, 0) is 72.3 Å². The van der Waals surface area contributed by atoms with Gasteiger partial charge < -0.3 is 23.4 Å². The molecule has 198 valence electrons. The third-order valence-electron chi connectivity index (χ3n) is 5.67. The highest BCUT2D eigenvalue weighted by Gasteiger charge is 2.14. The Kier molecular flexibility index (Phi) is 9.64. The number of halogens is 1. The SMILES string of the molecule is CCOC(=O)Cc1ccccc1OCc1cc(I)c2oc(COc3ccccc3CC(=O)OCC)cc2c1. The molecule has 0 unspecified atom stereocenters. The van der Waals surface area contributed by atoms with Crippen LogP contribution in [0.3, 0.4) is 0 Å². The molecular weight excluding hydrogens is 599 g/mol. The molecule has 4 aromatic rings. The number of carbonyl (C=O) groups is 2. The number of ether oxygens (including phenoxy) is 4. The lowest BCUT2D eigenvalue weighted by atomic mass is 10.1. The van der Waals surface area contributed by atoms with Crippen molar-refractivity contribution in [1.82, 2.24) is 0 Å². The highest BCUT2D eigenvalue weighted by Crippen LogP contribution is 2.29. The Labute approximate surface area is 235 Å². The maximum atomic E-state index is 11.9. The van der Waals surface area contributed by atoms with Gasteiger partial charge >= 0.3 is 11.9 Å². The Hall–Kier alpha value is -3.53. The predicted molar refractivity (Wildman–Crippen MR) is 151 cm³/mol. The van der Waals surface area contributed by atoms with Crippen molar-refractivity contribution in [2.45, 2.75) is 39.9 Å². The number of esters is 2. The number of para-hydroxylation sites is 2. The zero-order chi connectivity index (χ0) is 26.9. The number of rotatable bonds is 12. The van der Waals surface area contributed by atoms with Crippen LogP contribution in [0.2, 0.25) is 0 Å². The van der Waals surface area contributed by atoms with E-state index in [1.807, 2.05) is 66.7 Å². The van der Waals surface area contributed by atoms with Gasteiger partial charge in [-0.3, -0.25) is 9.59 Å². The second-order valence-corrected chi connectivity index (χ2v) is 9.63. The first-order valence-electron chi connectivity index (χ1n) is 12.4. The van der Waals surface area contributed by atoms with E-state index in [1.54, 1.807) is 13.8 Å². The number of hydrogen-bond acceptors (Lipinski definition) is 7. The largest absolute Gasteiger partial charge is 0.489 e. The fourth-order valence-corrected chi connectivity index (χ4v) is 4.82. The summed E-state index contributed by atoms with van der Waals surface area (Å²) in [7, 11) is 0. The van der Waals surface area contributed by atoms with Gasteiger partial charge in [0.25, 0.3) is 0 Å². The summed E-state index contributed by atoms with van der Waals surface area (Å²) in [6.07, 6.45) is 0.308. The van der Waals surface area contributed by atoms with Gasteiger partial charge in [-0.1, -0.05) is 36.4 Å². The van der Waals surface area contributed by atoms with Crippen molar-refractivity contribution < 1.29 is 33.0 Å². The van der Waals surface area contributed by atoms with Crippen molar-refractivity contribution in [1.29, 1.82) is 0 Å². The molecule has 0 aliphatic carbocycles. The second-order valence-electron chi connectivity index (χ2n) is 8.47. The molecule has 0 bridgehead atoms. The second kappa shape index (κ2) is 13.3. The molecule has 0 atom stereocenters. The average molecular weight is 628 g/mol. The van der Waals surface area contributed by atoms with Crippen molar-refractivity contribution in [2.75, 3.05) is 13.2 Å². The average Bonchev–Trinajstić information content (AvgIpc) is 3.32. The van der Waals surface area contributed by atoms with Gasteiger partial charge in [0.1, 0.15) is 36.1 Å². The van der Waals surface area contributed by atoms with Crippen molar-refractivity contribution in [3.8, 4) is 11.5 Å². The topological polar surface area (TPSA) is 84.2 Å². The number of fused-ring (bicyclic) bond motifs is 1. The van der Waals surface area contributed by atoms with E-state index >= 15 is 0 Å². The van der Waals surface area contributed by atoms with Gasteiger partial charge in [0.15, 0.2) is 0 Å². The molecule has 7 nitrogen and oxygen atoms in total. The number of hydrogen-bond donors (Lipinski definition) is 0. The molecule has 1 aromatic heterocycles. The van der Waals surface area contributed by atoms with Crippen molar-refractivity contribution in [3.05, 3.63) is 92.8 Å². The van der Waals surface area contributed by atoms with Crippen LogP contribution >= 0.6 is 22.6 Å². The minimum atomic E-state index is -0.292. The molecule has 0 spiro atoms. The van der Waals surface area contributed by atoms with Crippen LogP contribution in [0.1, 0.15) is 36.3 Å². The number of furan rings is 1. The lowest BCUT2D eigenvalue weighted by molar-refractivity contribution is -0.143. The fraction of sp³-hybridized carbons (Fsp3) is 0.267. The molecular formula is C30H29IO7. The predicted octanol–water partition coefficient (Wildman–Crippen LogP) is 6.41. The first-order chi connectivity index (χ1) is 18.5. The molecule has 4 rings (SSSR count). The first kappa shape index (κ1) is 27.5. The van der Waals surface area contributed by atoms with Crippen molar-refractivity contribution >= 4 is 45.5 Å². The third kappa shape index (κ3) is 7.28. The maximum absolute atomic E-state index is 11.9. The minimum Gasteiger partial charge on any atom is -0.489 e. The Morgan fingerprint density at radius 1 is 0.763 bits per heavy atom. The summed E-state index contributed by atoms with van der Waals surface area (Å²) < 4.78 is 29.2. The summed E-state index contributed by atoms with van der Waals surface area (Å²) in [5, 5.41) is 0.939. The summed E-state index contributed by atoms with van der Waals surface area (Å²) in [4.78, 5) is 23.9. The normalized spacial score (nSPS) is 10.8. The van der Waals surface area contributed by atoms with E-state index in [0.29, 0.717) is 37.1 Å². The lowest BCUT2D eigenvalue weighted by Gasteiger charge is -2.11. The van der Waals surface area contributed by atoms with Crippen LogP contribution in [0.5, 0.6) is 11.5 Å². The summed E-state index contributed by atoms with van der Waals surface area (Å²) in [5.41, 5.74) is 3.29. The molecule has 0 aliphatic heterocycles. The van der Waals surface area contributed by atoms with E-state index < -0.39 is 0 Å². The van der Waals surface area contributed by atoms with E-state index in [2.05, 4.69) is 22.6 Å². The van der Waals surface area contributed by atoms with Crippen molar-refractivity contribution in [2.24, 2.45) is 0 Å². The standard InChI is InChI=1S/C30H29IO7/c1-3-34-28(32)16-21-9-5-7-11-26(21)36-18-20-13-23-15-24(38-30(23)25(31)14-20)19-37-27-12-8-6-10-22(27)17-29(33)35-4-2/h5-15H,3-4,16-19H2,1-2H3. The van der Waals surface area contributed by atoms with Gasteiger partial charge in [-0.15, -0.1) is 0 Å². The monoisotopic (exact) mass is 628 g/mol. The van der Waals surface area contributed by atoms with Crippen LogP contribution in [-0.2, 0) is 45.1 Å². The molecule has 0 aliphatic rings. The molecule has 3 aromatic carbocycles. The molecule has 0 fully saturated rings. The van der Waals surface area contributed by atoms with E-state index in [0.717, 1.165) is 31.2 Å². The van der Waals surface area contributed by atoms with Crippen LogP contribution in [0.4, 0.5) is 0 Å². The Balaban J connectivity index is 1.44. The Morgan fingerprint density at radius 3 is 1.89 bits per heavy atom. The molecule has 0 N–H and O–H groups in total. The van der Waals surface area contributed by atoms with E-state index in [4.69, 9.17) is 23.4 Å². The summed E-state index contributed by atoms with van der Waals surface area (Å²) in [6.45, 7) is 4.81. The van der Waals surface area contributed by atoms with Crippen LogP contribution in [0, 0.1) is 3.57 Å². The van der Waals surface area contributed by atoms with Gasteiger partial charge in [0, 0.05) is 16.5 Å². The summed E-state index contributed by atoms with van der Waals surface area (Å²) >= 11 is 2.25. The van der Waals surface area contributed by atoms with Gasteiger partial charge in [-0.2, -0.15) is 0 Å². The van der Waals surface area contributed by atoms with Crippen LogP contribution < -0.4 is 9.47 Å². The van der Waals surface area contributed by atoms with Crippen LogP contribution in [0.15, 0.2) is 71.1 Å². The van der Waals surface area contributed by atoms with Crippen LogP contribution in [0.25, 0.3) is 11.0 Å². The molecule has 8 heteroatoms. The van der Waals surface area contributed by atoms with Crippen molar-refractivity contribution in [3.63, 3.8) is 0 Å². The maximum Gasteiger partial charge on any atom is 0.310 e. The Bertz CT molecular complexity index is 1410. The van der Waals surface area contributed by atoms with Gasteiger partial charge in [0.05, 0.1) is 29.6 Å². The third-order valence-corrected chi connectivity index (χ3v) is 6.47. The first-order valence-corrected chi connectivity index (χ1v) is 13.5. The zero-order valence-corrected chi connectivity index (χ0v) is 23.5.